The van der Waals surface area contributed by atoms with E-state index < -0.39 is 22.0 Å². The Morgan fingerprint density at radius 1 is 1.59 bits per heavy atom. The molecule has 0 bridgehead atoms. The molecule has 1 atom stereocenters. The number of nitrogens with one attached hydrogen (secondary N) is 1. The van der Waals surface area contributed by atoms with Gasteiger partial charge in [0, 0.05) is 12.2 Å². The number of hydrogen-bond acceptors (Lipinski definition) is 4. The maximum absolute atomic E-state index is 11.7. The van der Waals surface area contributed by atoms with Gasteiger partial charge in [0.2, 0.25) is 0 Å². The molecular weight excluding hydrogens is 244 g/mol. The smallest absolute Gasteiger partial charge is 0.337 e. The third kappa shape index (κ3) is 3.36. The van der Waals surface area contributed by atoms with Gasteiger partial charge in [0.25, 0.3) is 10.0 Å². The first kappa shape index (κ1) is 13.3. The van der Waals surface area contributed by atoms with Crippen molar-refractivity contribution in [1.82, 2.24) is 9.71 Å². The van der Waals surface area contributed by atoms with Crippen LogP contribution in [0.5, 0.6) is 0 Å². The van der Waals surface area contributed by atoms with E-state index in [0.29, 0.717) is 0 Å². The molecule has 1 aromatic rings. The molecule has 1 aromatic heterocycles. The molecule has 0 aliphatic heterocycles. The first-order valence-electron chi connectivity index (χ1n) is 4.71. The van der Waals surface area contributed by atoms with Gasteiger partial charge in [-0.1, -0.05) is 6.08 Å². The molecule has 0 saturated heterocycles. The van der Waals surface area contributed by atoms with Crippen LogP contribution in [0.2, 0.25) is 0 Å². The summed E-state index contributed by atoms with van der Waals surface area (Å²) in [6.07, 6.45) is 2.43. The van der Waals surface area contributed by atoms with E-state index in [0.717, 1.165) is 12.3 Å². The monoisotopic (exact) mass is 256 g/mol. The Hall–Kier alpha value is -1.73. The van der Waals surface area contributed by atoms with Crippen molar-refractivity contribution in [3.63, 3.8) is 0 Å². The molecule has 0 fully saturated rings. The normalized spacial score (nSPS) is 13.0. The highest BCUT2D eigenvalue weighted by atomic mass is 32.2. The first-order valence-corrected chi connectivity index (χ1v) is 6.19. The lowest BCUT2D eigenvalue weighted by Gasteiger charge is -2.09. The Balaban J connectivity index is 3.00. The molecule has 6 nitrogen and oxygen atoms in total. The molecule has 1 rings (SSSR count). The molecule has 0 spiro atoms. The number of aromatic nitrogens is 1. The topological polar surface area (TPSA) is 96.4 Å². The Labute approximate surface area is 99.1 Å². The van der Waals surface area contributed by atoms with Crippen LogP contribution in [0.3, 0.4) is 0 Å². The molecule has 0 saturated carbocycles. The molecule has 1 heterocycles. The summed E-state index contributed by atoms with van der Waals surface area (Å²) in [5, 5.41) is 8.42. The van der Waals surface area contributed by atoms with E-state index in [2.05, 4.69) is 16.3 Å². The number of sulfonamides is 1. The van der Waals surface area contributed by atoms with Crippen molar-refractivity contribution in [2.75, 3.05) is 0 Å². The third-order valence-electron chi connectivity index (χ3n) is 1.95. The van der Waals surface area contributed by atoms with Crippen LogP contribution in [0.25, 0.3) is 0 Å². The molecule has 0 aliphatic rings. The number of hydrogen-bond donors (Lipinski definition) is 2. The summed E-state index contributed by atoms with van der Waals surface area (Å²) in [4.78, 5) is 14.2. The zero-order chi connectivity index (χ0) is 13.1. The average Bonchev–Trinajstić information content (AvgIpc) is 2.28. The second-order valence-electron chi connectivity index (χ2n) is 3.34. The Bertz CT molecular complexity index is 522. The fourth-order valence-electron chi connectivity index (χ4n) is 1.02. The first-order chi connectivity index (χ1) is 7.86. The molecule has 92 valence electrons. The van der Waals surface area contributed by atoms with Gasteiger partial charge in [-0.2, -0.15) is 0 Å². The minimum absolute atomic E-state index is 0.0688. The zero-order valence-corrected chi connectivity index (χ0v) is 9.94. The molecule has 17 heavy (non-hydrogen) atoms. The van der Waals surface area contributed by atoms with Crippen LogP contribution >= 0.6 is 0 Å². The van der Waals surface area contributed by atoms with Crippen molar-refractivity contribution in [1.29, 1.82) is 0 Å². The van der Waals surface area contributed by atoms with E-state index in [-0.39, 0.29) is 10.6 Å². The zero-order valence-electron chi connectivity index (χ0n) is 9.12. The Morgan fingerprint density at radius 3 is 2.65 bits per heavy atom. The van der Waals surface area contributed by atoms with Crippen LogP contribution in [0, 0.1) is 0 Å². The van der Waals surface area contributed by atoms with Crippen LogP contribution in [0.1, 0.15) is 17.3 Å². The summed E-state index contributed by atoms with van der Waals surface area (Å²) < 4.78 is 25.7. The van der Waals surface area contributed by atoms with Gasteiger partial charge in [0.15, 0.2) is 5.03 Å². The summed E-state index contributed by atoms with van der Waals surface area (Å²) in [5.41, 5.74) is -0.0688. The molecule has 2 N–H and O–H groups in total. The lowest BCUT2D eigenvalue weighted by Crippen LogP contribution is -2.31. The van der Waals surface area contributed by atoms with Crippen molar-refractivity contribution in [3.8, 4) is 0 Å². The summed E-state index contributed by atoms with van der Waals surface area (Å²) in [5.74, 6) is -1.16. The van der Waals surface area contributed by atoms with E-state index in [9.17, 15) is 13.2 Å². The molecule has 7 heteroatoms. The van der Waals surface area contributed by atoms with Crippen molar-refractivity contribution in [2.45, 2.75) is 18.0 Å². The molecule has 0 aromatic carbocycles. The number of aromatic carboxylic acids is 1. The lowest BCUT2D eigenvalue weighted by molar-refractivity contribution is 0.0696. The third-order valence-corrected chi connectivity index (χ3v) is 3.43. The van der Waals surface area contributed by atoms with Gasteiger partial charge in [0.05, 0.1) is 5.56 Å². The van der Waals surface area contributed by atoms with Crippen LogP contribution in [0.15, 0.2) is 36.0 Å². The highest BCUT2D eigenvalue weighted by molar-refractivity contribution is 7.89. The van der Waals surface area contributed by atoms with Crippen molar-refractivity contribution < 1.29 is 18.3 Å². The number of pyridine rings is 1. The van der Waals surface area contributed by atoms with E-state index in [1.807, 2.05) is 0 Å². The van der Waals surface area contributed by atoms with Gasteiger partial charge in [-0.15, -0.1) is 6.58 Å². The largest absolute Gasteiger partial charge is 0.478 e. The van der Waals surface area contributed by atoms with Crippen molar-refractivity contribution >= 4 is 16.0 Å². The predicted octanol–water partition coefficient (Wildman–Crippen LogP) is 0.633. The molecule has 0 aliphatic carbocycles. The standard InChI is InChI=1S/C10H12N2O4S/c1-3-7(2)12-17(15,16)9-5-4-8(6-11-9)10(13)14/h3-7,12H,1H2,2H3,(H,13,14). The fraction of sp³-hybridized carbons (Fsp3) is 0.200. The molecule has 0 amide bonds. The second kappa shape index (κ2) is 5.07. The summed E-state index contributed by atoms with van der Waals surface area (Å²) in [6, 6.07) is 1.89. The molecular formula is C10H12N2O4S. The SMILES string of the molecule is C=CC(C)NS(=O)(=O)c1ccc(C(=O)O)cn1. The van der Waals surface area contributed by atoms with Crippen LogP contribution in [-0.2, 0) is 10.0 Å². The quantitative estimate of drug-likeness (QED) is 0.753. The summed E-state index contributed by atoms with van der Waals surface area (Å²) >= 11 is 0. The minimum Gasteiger partial charge on any atom is -0.478 e. The molecule has 1 unspecified atom stereocenters. The Morgan fingerprint density at radius 2 is 2.24 bits per heavy atom. The van der Waals surface area contributed by atoms with Crippen LogP contribution in [-0.4, -0.2) is 30.5 Å². The molecule has 0 radical (unpaired) electrons. The van der Waals surface area contributed by atoms with E-state index in [4.69, 9.17) is 5.11 Å². The van der Waals surface area contributed by atoms with Crippen LogP contribution in [0.4, 0.5) is 0 Å². The number of carbonyl (C=O) groups is 1. The van der Waals surface area contributed by atoms with E-state index >= 15 is 0 Å². The maximum atomic E-state index is 11.7. The highest BCUT2D eigenvalue weighted by Gasteiger charge is 2.17. The van der Waals surface area contributed by atoms with Crippen molar-refractivity contribution in [3.05, 3.63) is 36.5 Å². The number of carboxylic acids is 1. The van der Waals surface area contributed by atoms with Gasteiger partial charge in [-0.3, -0.25) is 0 Å². The number of carboxylic acid groups (broad SMARTS) is 1. The van der Waals surface area contributed by atoms with Gasteiger partial charge in [0.1, 0.15) is 0 Å². The lowest BCUT2D eigenvalue weighted by atomic mass is 10.3. The number of rotatable bonds is 5. The highest BCUT2D eigenvalue weighted by Crippen LogP contribution is 2.07. The fourth-order valence-corrected chi connectivity index (χ4v) is 2.16. The van der Waals surface area contributed by atoms with Crippen LogP contribution < -0.4 is 4.72 Å². The second-order valence-corrected chi connectivity index (χ2v) is 5.00. The average molecular weight is 256 g/mol. The van der Waals surface area contributed by atoms with Crippen molar-refractivity contribution in [2.24, 2.45) is 0 Å². The van der Waals surface area contributed by atoms with E-state index in [1.54, 1.807) is 6.92 Å². The summed E-state index contributed by atoms with van der Waals surface area (Å²) in [7, 11) is -3.74. The Kier molecular flexibility index (Phi) is 3.97. The minimum atomic E-state index is -3.74. The van der Waals surface area contributed by atoms with Gasteiger partial charge in [-0.25, -0.2) is 22.9 Å². The predicted molar refractivity (Wildman–Crippen MR) is 61.2 cm³/mol. The maximum Gasteiger partial charge on any atom is 0.337 e. The van der Waals surface area contributed by atoms with Gasteiger partial charge < -0.3 is 5.11 Å². The van der Waals surface area contributed by atoms with Gasteiger partial charge >= 0.3 is 5.97 Å². The summed E-state index contributed by atoms with van der Waals surface area (Å²) in [6.45, 7) is 5.07. The van der Waals surface area contributed by atoms with Gasteiger partial charge in [-0.05, 0) is 19.1 Å². The number of nitrogens with zero attached hydrogens (tertiary/aromatic N) is 1. The van der Waals surface area contributed by atoms with E-state index in [1.165, 1.54) is 12.1 Å².